The maximum Gasteiger partial charge on any atom is 0.150 e. The highest BCUT2D eigenvalue weighted by molar-refractivity contribution is 5.74. The first-order valence-electron chi connectivity index (χ1n) is 8.84. The monoisotopic (exact) mass is 290 g/mol. The molecule has 1 fully saturated rings. The van der Waals surface area contributed by atoms with E-state index < -0.39 is 0 Å². The van der Waals surface area contributed by atoms with Crippen molar-refractivity contribution in [3.63, 3.8) is 0 Å². The number of aryl methyl sites for hydroxylation is 1. The van der Waals surface area contributed by atoms with Crippen LogP contribution in [0, 0.1) is 5.92 Å². The van der Waals surface area contributed by atoms with Gasteiger partial charge in [-0.25, -0.2) is 0 Å². The van der Waals surface area contributed by atoms with E-state index >= 15 is 0 Å². The van der Waals surface area contributed by atoms with Crippen molar-refractivity contribution < 1.29 is 4.79 Å². The normalized spacial score (nSPS) is 14.3. The molecule has 1 aromatic carbocycles. The van der Waals surface area contributed by atoms with Crippen LogP contribution in [0.2, 0.25) is 0 Å². The van der Waals surface area contributed by atoms with E-state index in [9.17, 15) is 4.79 Å². The molecule has 120 valence electrons. The molecule has 0 atom stereocenters. The van der Waals surface area contributed by atoms with Gasteiger partial charge in [-0.2, -0.15) is 0 Å². The van der Waals surface area contributed by atoms with Crippen molar-refractivity contribution >= 4 is 6.29 Å². The van der Waals surface area contributed by atoms with Crippen LogP contribution in [-0.4, -0.2) is 6.29 Å². The van der Waals surface area contributed by atoms with Crippen molar-refractivity contribution in [3.8, 4) is 0 Å². The Balaban J connectivity index is 0.000000354. The molecule has 0 aliphatic heterocycles. The van der Waals surface area contributed by atoms with Crippen LogP contribution >= 0.6 is 0 Å². The minimum Gasteiger partial charge on any atom is -0.298 e. The van der Waals surface area contributed by atoms with Gasteiger partial charge in [-0.05, 0) is 17.9 Å². The molecule has 0 radical (unpaired) electrons. The topological polar surface area (TPSA) is 17.1 Å². The van der Waals surface area contributed by atoms with Gasteiger partial charge in [0.1, 0.15) is 6.29 Å². The lowest BCUT2D eigenvalue weighted by atomic mass is 9.88. The van der Waals surface area contributed by atoms with Crippen molar-refractivity contribution in [1.82, 2.24) is 0 Å². The Bertz CT molecular complexity index is 333. The van der Waals surface area contributed by atoms with E-state index in [1.165, 1.54) is 44.1 Å². The lowest BCUT2D eigenvalue weighted by Crippen LogP contribution is -2.03. The molecule has 0 saturated heterocycles. The summed E-state index contributed by atoms with van der Waals surface area (Å²) in [7, 11) is 0. The Hall–Kier alpha value is -1.11. The van der Waals surface area contributed by atoms with E-state index in [0.29, 0.717) is 0 Å². The van der Waals surface area contributed by atoms with Gasteiger partial charge in [-0.15, -0.1) is 0 Å². The van der Waals surface area contributed by atoms with Crippen LogP contribution in [0.1, 0.15) is 88.6 Å². The zero-order chi connectivity index (χ0) is 15.9. The molecule has 0 bridgehead atoms. The molecule has 2 rings (SSSR count). The van der Waals surface area contributed by atoms with Crippen LogP contribution in [0.3, 0.4) is 0 Å². The first kappa shape index (κ1) is 19.9. The average molecular weight is 290 g/mol. The zero-order valence-electron chi connectivity index (χ0n) is 14.5. The number of carbonyl (C=O) groups excluding carboxylic acids is 1. The van der Waals surface area contributed by atoms with Crippen LogP contribution in [0.5, 0.6) is 0 Å². The van der Waals surface area contributed by atoms with Gasteiger partial charge in [0.2, 0.25) is 0 Å². The van der Waals surface area contributed by atoms with Gasteiger partial charge in [0.15, 0.2) is 0 Å². The SMILES string of the molecule is CC.CCC1CCCCC1.CCCc1ccc(C=O)cc1. The lowest BCUT2D eigenvalue weighted by Gasteiger charge is -2.18. The molecule has 1 aliphatic rings. The van der Waals surface area contributed by atoms with Gasteiger partial charge < -0.3 is 0 Å². The summed E-state index contributed by atoms with van der Waals surface area (Å²) in [5, 5.41) is 0. The van der Waals surface area contributed by atoms with E-state index in [-0.39, 0.29) is 0 Å². The second-order valence-electron chi connectivity index (χ2n) is 5.52. The van der Waals surface area contributed by atoms with Crippen LogP contribution < -0.4 is 0 Å². The van der Waals surface area contributed by atoms with Crippen LogP contribution in [0.4, 0.5) is 0 Å². The first-order chi connectivity index (χ1) is 10.3. The smallest absolute Gasteiger partial charge is 0.150 e. The van der Waals surface area contributed by atoms with Crippen molar-refractivity contribution in [1.29, 1.82) is 0 Å². The Morgan fingerprint density at radius 3 is 1.95 bits per heavy atom. The van der Waals surface area contributed by atoms with E-state index in [4.69, 9.17) is 0 Å². The van der Waals surface area contributed by atoms with Crippen molar-refractivity contribution in [2.75, 3.05) is 0 Å². The predicted molar refractivity (Wildman–Crippen MR) is 94.0 cm³/mol. The average Bonchev–Trinajstić information content (AvgIpc) is 2.59. The van der Waals surface area contributed by atoms with Gasteiger partial charge >= 0.3 is 0 Å². The quantitative estimate of drug-likeness (QED) is 0.582. The highest BCUT2D eigenvalue weighted by Gasteiger charge is 2.09. The number of rotatable bonds is 4. The molecule has 0 N–H and O–H groups in total. The summed E-state index contributed by atoms with van der Waals surface area (Å²) in [5.41, 5.74) is 2.06. The summed E-state index contributed by atoms with van der Waals surface area (Å²) in [4.78, 5) is 10.3. The molecule has 1 aromatic rings. The van der Waals surface area contributed by atoms with Crippen molar-refractivity contribution in [3.05, 3.63) is 35.4 Å². The molecular weight excluding hydrogens is 256 g/mol. The van der Waals surface area contributed by atoms with Gasteiger partial charge in [-0.1, -0.05) is 96.9 Å². The predicted octanol–water partition coefficient (Wildman–Crippen LogP) is 6.45. The molecule has 1 heteroatoms. The van der Waals surface area contributed by atoms with E-state index in [1.54, 1.807) is 0 Å². The molecule has 1 nitrogen and oxygen atoms in total. The van der Waals surface area contributed by atoms with Crippen LogP contribution in [-0.2, 0) is 6.42 Å². The molecule has 0 unspecified atom stereocenters. The number of hydrogen-bond acceptors (Lipinski definition) is 1. The van der Waals surface area contributed by atoms with Gasteiger partial charge in [-0.3, -0.25) is 4.79 Å². The Labute approximate surface area is 132 Å². The largest absolute Gasteiger partial charge is 0.298 e. The summed E-state index contributed by atoms with van der Waals surface area (Å²) in [6, 6.07) is 7.73. The second-order valence-corrected chi connectivity index (χ2v) is 5.52. The number of hydrogen-bond donors (Lipinski definition) is 0. The van der Waals surface area contributed by atoms with Crippen molar-refractivity contribution in [2.24, 2.45) is 5.92 Å². The van der Waals surface area contributed by atoms with E-state index in [2.05, 4.69) is 13.8 Å². The van der Waals surface area contributed by atoms with Crippen molar-refractivity contribution in [2.45, 2.75) is 79.1 Å². The summed E-state index contributed by atoms with van der Waals surface area (Å²) in [6.07, 6.45) is 12.1. The minimum absolute atomic E-state index is 0.754. The van der Waals surface area contributed by atoms with E-state index in [0.717, 1.165) is 30.6 Å². The highest BCUT2D eigenvalue weighted by atomic mass is 16.1. The molecule has 1 aliphatic carbocycles. The molecule has 0 spiro atoms. The molecule has 0 aromatic heterocycles. The third kappa shape index (κ3) is 9.44. The van der Waals surface area contributed by atoms with Gasteiger partial charge in [0, 0.05) is 5.56 Å². The maximum atomic E-state index is 10.3. The maximum absolute atomic E-state index is 10.3. The Morgan fingerprint density at radius 2 is 1.57 bits per heavy atom. The Kier molecular flexibility index (Phi) is 13.1. The number of carbonyl (C=O) groups is 1. The second kappa shape index (κ2) is 13.9. The first-order valence-corrected chi connectivity index (χ1v) is 8.84. The van der Waals surface area contributed by atoms with Crippen LogP contribution in [0.15, 0.2) is 24.3 Å². The fourth-order valence-corrected chi connectivity index (χ4v) is 2.65. The summed E-state index contributed by atoms with van der Waals surface area (Å²) in [5.74, 6) is 1.09. The van der Waals surface area contributed by atoms with E-state index in [1.807, 2.05) is 38.1 Å². The summed E-state index contributed by atoms with van der Waals surface area (Å²) in [6.45, 7) is 8.46. The minimum atomic E-state index is 0.754. The molecule has 0 heterocycles. The lowest BCUT2D eigenvalue weighted by molar-refractivity contribution is 0.112. The molecule has 21 heavy (non-hydrogen) atoms. The fraction of sp³-hybridized carbons (Fsp3) is 0.650. The fourth-order valence-electron chi connectivity index (χ4n) is 2.65. The molecule has 1 saturated carbocycles. The number of benzene rings is 1. The van der Waals surface area contributed by atoms with Gasteiger partial charge in [0.25, 0.3) is 0 Å². The third-order valence-corrected chi connectivity index (χ3v) is 3.96. The summed E-state index contributed by atoms with van der Waals surface area (Å²) >= 11 is 0. The zero-order valence-corrected chi connectivity index (χ0v) is 14.5. The third-order valence-electron chi connectivity index (χ3n) is 3.96. The Morgan fingerprint density at radius 1 is 1.00 bits per heavy atom. The molecule has 0 amide bonds. The van der Waals surface area contributed by atoms with Crippen LogP contribution in [0.25, 0.3) is 0 Å². The van der Waals surface area contributed by atoms with Gasteiger partial charge in [0.05, 0.1) is 0 Å². The summed E-state index contributed by atoms with van der Waals surface area (Å²) < 4.78 is 0. The standard InChI is InChI=1S/C10H12O.C8H16.C2H6/c1-2-3-9-4-6-10(8-11)7-5-9;1-2-8-6-4-3-5-7-8;1-2/h4-8H,2-3H2,1H3;8H,2-7H2,1H3;1-2H3. The number of aldehydes is 1. The highest BCUT2D eigenvalue weighted by Crippen LogP contribution is 2.25. The molecular formula is C20H34O.